The molecule has 0 aliphatic rings. The van der Waals surface area contributed by atoms with Gasteiger partial charge < -0.3 is 9.29 Å². The van der Waals surface area contributed by atoms with Gasteiger partial charge in [-0.25, -0.2) is 21.1 Å². The average molecular weight is 597 g/mol. The second kappa shape index (κ2) is 15.2. The van der Waals surface area contributed by atoms with E-state index in [0.29, 0.717) is 11.1 Å². The Hall–Kier alpha value is -2.09. The molecular formula is C28H33N2NaO7S2. The molecule has 0 saturated carbocycles. The molecule has 3 aromatic carbocycles. The van der Waals surface area contributed by atoms with Crippen molar-refractivity contribution in [1.82, 2.24) is 8.61 Å². The maximum atomic E-state index is 13.9. The molecule has 0 aromatic heterocycles. The van der Waals surface area contributed by atoms with Gasteiger partial charge in [-0.2, -0.15) is 4.31 Å². The molecule has 0 aliphatic carbocycles. The molecule has 0 bridgehead atoms. The Kier molecular flexibility index (Phi) is 13.0. The topological polar surface area (TPSA) is 124 Å². The van der Waals surface area contributed by atoms with Crippen LogP contribution < -0.4 is 29.6 Å². The molecule has 0 spiro atoms. The Morgan fingerprint density at radius 1 is 0.850 bits per heavy atom. The predicted molar refractivity (Wildman–Crippen MR) is 147 cm³/mol. The minimum absolute atomic E-state index is 0. The molecule has 210 valence electrons. The summed E-state index contributed by atoms with van der Waals surface area (Å²) in [5.41, 5.74) is 2.09. The fraction of sp³-hybridized carbons (Fsp3) is 0.321. The number of rotatable bonds is 13. The van der Waals surface area contributed by atoms with Crippen molar-refractivity contribution in [2.24, 2.45) is 0 Å². The summed E-state index contributed by atoms with van der Waals surface area (Å²) in [7, 11) is -9.36. The summed E-state index contributed by atoms with van der Waals surface area (Å²) >= 11 is 0. The van der Waals surface area contributed by atoms with E-state index in [0.717, 1.165) is 14.2 Å². The summed E-state index contributed by atoms with van der Waals surface area (Å²) in [6.07, 6.45) is 0.0323. The first-order valence-electron chi connectivity index (χ1n) is 12.5. The van der Waals surface area contributed by atoms with Crippen LogP contribution in [0.4, 0.5) is 0 Å². The molecule has 2 atom stereocenters. The van der Waals surface area contributed by atoms with Gasteiger partial charge in [0.2, 0.25) is 10.0 Å². The van der Waals surface area contributed by atoms with Gasteiger partial charge in [0.15, 0.2) is 10.3 Å². The molecule has 0 amide bonds. The summed E-state index contributed by atoms with van der Waals surface area (Å²) in [5, 5.41) is 0. The first-order chi connectivity index (χ1) is 18.4. The van der Waals surface area contributed by atoms with Crippen molar-refractivity contribution in [2.45, 2.75) is 50.7 Å². The summed E-state index contributed by atoms with van der Waals surface area (Å²) in [4.78, 5) is 12.7. The van der Waals surface area contributed by atoms with Gasteiger partial charge in [-0.05, 0) is 50.5 Å². The summed E-state index contributed by atoms with van der Waals surface area (Å²) in [6, 6.07) is 21.1. The van der Waals surface area contributed by atoms with Gasteiger partial charge in [0.1, 0.15) is 6.04 Å². The Bertz CT molecular complexity index is 1440. The smallest absolute Gasteiger partial charge is 0.735 e. The minimum Gasteiger partial charge on any atom is -0.735 e. The van der Waals surface area contributed by atoms with Crippen molar-refractivity contribution < 1.29 is 60.5 Å². The second-order valence-corrected chi connectivity index (χ2v) is 12.4. The molecule has 0 unspecified atom stereocenters. The number of ether oxygens (including phenoxy) is 1. The number of hydrogen-bond acceptors (Lipinski definition) is 7. The van der Waals surface area contributed by atoms with Crippen molar-refractivity contribution in [3.8, 4) is 0 Å². The normalized spacial score (nSPS) is 13.4. The van der Waals surface area contributed by atoms with Crippen LogP contribution >= 0.6 is 0 Å². The summed E-state index contributed by atoms with van der Waals surface area (Å²) in [5.74, 6) is -0.786. The number of aryl methyl sites for hydroxylation is 1. The van der Waals surface area contributed by atoms with Gasteiger partial charge >= 0.3 is 35.5 Å². The van der Waals surface area contributed by atoms with E-state index >= 15 is 0 Å². The zero-order valence-electron chi connectivity index (χ0n) is 23.1. The Labute approximate surface area is 259 Å². The van der Waals surface area contributed by atoms with E-state index in [-0.39, 0.29) is 54.0 Å². The van der Waals surface area contributed by atoms with E-state index in [1.807, 2.05) is 6.92 Å². The number of esters is 1. The third kappa shape index (κ3) is 9.22. The minimum atomic E-state index is -5.05. The molecule has 3 aromatic rings. The molecule has 9 nitrogen and oxygen atoms in total. The predicted octanol–water partition coefficient (Wildman–Crippen LogP) is 0.515. The van der Waals surface area contributed by atoms with Gasteiger partial charge in [0, 0.05) is 19.1 Å². The quantitative estimate of drug-likeness (QED) is 0.160. The number of carbonyl (C=O) groups excluding carboxylic acids is 1. The van der Waals surface area contributed by atoms with E-state index in [4.69, 9.17) is 4.74 Å². The molecule has 0 saturated heterocycles. The summed E-state index contributed by atoms with van der Waals surface area (Å²) < 4.78 is 72.4. The molecule has 3 rings (SSSR count). The first-order valence-corrected chi connectivity index (χ1v) is 15.3. The van der Waals surface area contributed by atoms with Crippen LogP contribution in [-0.2, 0) is 42.8 Å². The van der Waals surface area contributed by atoms with E-state index in [2.05, 4.69) is 0 Å². The average Bonchev–Trinajstić information content (AvgIpc) is 2.90. The molecule has 0 radical (unpaired) electrons. The van der Waals surface area contributed by atoms with Gasteiger partial charge in [0.25, 0.3) is 0 Å². The van der Waals surface area contributed by atoms with Crippen molar-refractivity contribution in [2.75, 3.05) is 13.2 Å². The molecule has 40 heavy (non-hydrogen) atoms. The molecule has 0 fully saturated rings. The van der Waals surface area contributed by atoms with Crippen LogP contribution in [0.15, 0.2) is 89.8 Å². The standard InChI is InChI=1S/C28H34N2O7S2.Na/c1-4-37-28(31)23(3)29(38(32,33)27-17-15-22(2)16-18-27)21-26(19-24-11-7-5-8-12-24)30(39(34,35)36)20-25-13-9-6-10-14-25;/h5-18,23,26H,4,19-21H2,1-3H3,(H,34,35,36);/q;+1/p-1/t23-,26-;/m0./s1. The maximum Gasteiger partial charge on any atom is 1.00 e. The van der Waals surface area contributed by atoms with Crippen LogP contribution in [0, 0.1) is 6.92 Å². The van der Waals surface area contributed by atoms with Crippen molar-refractivity contribution >= 4 is 26.3 Å². The molecule has 0 aliphatic heterocycles. The zero-order valence-corrected chi connectivity index (χ0v) is 26.8. The SMILES string of the molecule is CCOC(=O)[C@H](C)N(C[C@H](Cc1ccccc1)N(Cc1ccccc1)S(=O)(=O)[O-])S(=O)(=O)c1ccc(C)cc1.[Na+]. The summed E-state index contributed by atoms with van der Waals surface area (Å²) in [6.45, 7) is 4.11. The zero-order chi connectivity index (χ0) is 28.6. The third-order valence-electron chi connectivity index (χ3n) is 6.27. The number of carbonyl (C=O) groups is 1. The monoisotopic (exact) mass is 596 g/mol. The van der Waals surface area contributed by atoms with E-state index in [9.17, 15) is 26.2 Å². The number of hydrogen-bond donors (Lipinski definition) is 0. The second-order valence-electron chi connectivity index (χ2n) is 9.15. The van der Waals surface area contributed by atoms with E-state index in [1.54, 1.807) is 79.7 Å². The van der Waals surface area contributed by atoms with Crippen molar-refractivity contribution in [3.63, 3.8) is 0 Å². The number of benzene rings is 3. The fourth-order valence-electron chi connectivity index (χ4n) is 4.20. The van der Waals surface area contributed by atoms with Crippen LogP contribution in [0.5, 0.6) is 0 Å². The molecular weight excluding hydrogens is 563 g/mol. The fourth-order valence-corrected chi connectivity index (χ4v) is 6.63. The third-order valence-corrected chi connectivity index (χ3v) is 9.22. The number of nitrogens with zero attached hydrogens (tertiary/aromatic N) is 2. The Morgan fingerprint density at radius 3 is 1.88 bits per heavy atom. The Morgan fingerprint density at radius 2 is 1.38 bits per heavy atom. The van der Waals surface area contributed by atoms with Gasteiger partial charge in [0.05, 0.1) is 11.5 Å². The van der Waals surface area contributed by atoms with E-state index < -0.39 is 44.9 Å². The van der Waals surface area contributed by atoms with Gasteiger partial charge in [-0.3, -0.25) is 4.79 Å². The van der Waals surface area contributed by atoms with Crippen LogP contribution in [0.3, 0.4) is 0 Å². The molecule has 0 heterocycles. The van der Waals surface area contributed by atoms with Crippen molar-refractivity contribution in [1.29, 1.82) is 0 Å². The van der Waals surface area contributed by atoms with Crippen LogP contribution in [0.2, 0.25) is 0 Å². The van der Waals surface area contributed by atoms with Crippen LogP contribution in [0.25, 0.3) is 0 Å². The van der Waals surface area contributed by atoms with E-state index in [1.165, 1.54) is 19.1 Å². The Balaban J connectivity index is 0.00000560. The van der Waals surface area contributed by atoms with Gasteiger partial charge in [-0.15, -0.1) is 0 Å². The number of sulfonamides is 1. The van der Waals surface area contributed by atoms with Crippen molar-refractivity contribution in [3.05, 3.63) is 102 Å². The van der Waals surface area contributed by atoms with Crippen LogP contribution in [0.1, 0.15) is 30.5 Å². The van der Waals surface area contributed by atoms with Crippen LogP contribution in [-0.4, -0.2) is 61.2 Å². The maximum absolute atomic E-state index is 13.9. The first kappa shape index (κ1) is 34.1. The molecule has 0 N–H and O–H groups in total. The largest absolute Gasteiger partial charge is 1.00 e. The van der Waals surface area contributed by atoms with Gasteiger partial charge in [-0.1, -0.05) is 78.4 Å². The molecule has 12 heteroatoms.